The molecule has 2 aromatic rings. The number of carbonyl (C=O) groups excluding carboxylic acids is 2. The summed E-state index contributed by atoms with van der Waals surface area (Å²) < 4.78 is 10.2. The van der Waals surface area contributed by atoms with Crippen molar-refractivity contribution in [2.75, 3.05) is 50.1 Å². The minimum atomic E-state index is -0.284. The predicted octanol–water partition coefficient (Wildman–Crippen LogP) is 2.62. The molecule has 1 aromatic carbocycles. The fraction of sp³-hybridized carbons (Fsp3) is 0.350. The highest BCUT2D eigenvalue weighted by Crippen LogP contribution is 2.19. The molecule has 8 nitrogen and oxygen atoms in total. The van der Waals surface area contributed by atoms with Crippen LogP contribution in [-0.2, 0) is 4.74 Å². The van der Waals surface area contributed by atoms with Gasteiger partial charge >= 0.3 is 6.09 Å². The number of hydrogen-bond donors (Lipinski definition) is 1. The average molecular weight is 384 g/mol. The second kappa shape index (κ2) is 9.07. The predicted molar refractivity (Wildman–Crippen MR) is 106 cm³/mol. The first-order chi connectivity index (χ1) is 13.6. The number of rotatable bonds is 5. The van der Waals surface area contributed by atoms with Gasteiger partial charge in [0.25, 0.3) is 5.91 Å². The summed E-state index contributed by atoms with van der Waals surface area (Å²) in [7, 11) is 1.59. The molecule has 3 rings (SSSR count). The number of aromatic nitrogens is 1. The summed E-state index contributed by atoms with van der Waals surface area (Å²) in [5, 5.41) is 2.85. The van der Waals surface area contributed by atoms with Gasteiger partial charge in [-0.1, -0.05) is 0 Å². The molecule has 1 aliphatic heterocycles. The summed E-state index contributed by atoms with van der Waals surface area (Å²) in [5.41, 5.74) is 2.01. The lowest BCUT2D eigenvalue weighted by Gasteiger charge is -2.35. The number of carbonyl (C=O) groups is 2. The molecule has 0 saturated carbocycles. The second-order valence-corrected chi connectivity index (χ2v) is 6.29. The fourth-order valence-corrected chi connectivity index (χ4v) is 2.96. The molecule has 1 saturated heterocycles. The van der Waals surface area contributed by atoms with E-state index in [0.717, 1.165) is 11.4 Å². The Labute approximate surface area is 164 Å². The van der Waals surface area contributed by atoms with E-state index in [1.165, 1.54) is 6.20 Å². The van der Waals surface area contributed by atoms with Crippen molar-refractivity contribution in [3.05, 3.63) is 48.3 Å². The van der Waals surface area contributed by atoms with Crippen molar-refractivity contribution in [3.8, 4) is 5.75 Å². The van der Waals surface area contributed by atoms with Gasteiger partial charge in [-0.3, -0.25) is 9.78 Å². The lowest BCUT2D eigenvalue weighted by atomic mass is 10.2. The number of piperazine rings is 1. The molecule has 0 bridgehead atoms. The normalized spacial score (nSPS) is 13.8. The zero-order chi connectivity index (χ0) is 19.9. The third-order valence-electron chi connectivity index (χ3n) is 4.50. The fourth-order valence-electron chi connectivity index (χ4n) is 2.96. The van der Waals surface area contributed by atoms with Gasteiger partial charge < -0.3 is 24.6 Å². The highest BCUT2D eigenvalue weighted by molar-refractivity contribution is 6.04. The molecule has 1 aliphatic rings. The van der Waals surface area contributed by atoms with Gasteiger partial charge in [0.1, 0.15) is 5.75 Å². The molecule has 0 aliphatic carbocycles. The largest absolute Gasteiger partial charge is 0.497 e. The zero-order valence-electron chi connectivity index (χ0n) is 16.1. The van der Waals surface area contributed by atoms with Crippen molar-refractivity contribution >= 4 is 23.4 Å². The van der Waals surface area contributed by atoms with Gasteiger partial charge in [-0.2, -0.15) is 0 Å². The molecule has 1 N–H and O–H groups in total. The molecule has 0 atom stereocenters. The van der Waals surface area contributed by atoms with E-state index in [0.29, 0.717) is 44.0 Å². The van der Waals surface area contributed by atoms with E-state index >= 15 is 0 Å². The molecule has 1 fully saturated rings. The molecule has 8 heteroatoms. The molecule has 2 amide bonds. The molecule has 2 heterocycles. The van der Waals surface area contributed by atoms with Crippen molar-refractivity contribution in [2.24, 2.45) is 0 Å². The van der Waals surface area contributed by atoms with Crippen molar-refractivity contribution in [1.82, 2.24) is 9.88 Å². The lowest BCUT2D eigenvalue weighted by molar-refractivity contribution is 0.102. The first-order valence-corrected chi connectivity index (χ1v) is 9.18. The van der Waals surface area contributed by atoms with Crippen LogP contribution in [0.15, 0.2) is 42.7 Å². The number of ether oxygens (including phenoxy) is 2. The molecule has 0 radical (unpaired) electrons. The standard InChI is InChI=1S/C20H24N4O4/c1-3-28-20(26)24-10-8-23(9-11-24)17-12-15(13-21-14-17)19(25)22-16-4-6-18(27-2)7-5-16/h4-7,12-14H,3,8-11H2,1-2H3,(H,22,25). The van der Waals surface area contributed by atoms with Crippen LogP contribution >= 0.6 is 0 Å². The van der Waals surface area contributed by atoms with Crippen LogP contribution in [0.1, 0.15) is 17.3 Å². The number of nitrogens with zero attached hydrogens (tertiary/aromatic N) is 3. The van der Waals surface area contributed by atoms with Gasteiger partial charge in [0, 0.05) is 38.1 Å². The van der Waals surface area contributed by atoms with Crippen molar-refractivity contribution < 1.29 is 19.1 Å². The minimum absolute atomic E-state index is 0.232. The third kappa shape index (κ3) is 4.70. The van der Waals surface area contributed by atoms with Gasteiger partial charge in [-0.15, -0.1) is 0 Å². The summed E-state index contributed by atoms with van der Waals surface area (Å²) in [6, 6.07) is 8.94. The van der Waals surface area contributed by atoms with E-state index < -0.39 is 0 Å². The van der Waals surface area contributed by atoms with E-state index in [1.807, 2.05) is 6.07 Å². The van der Waals surface area contributed by atoms with Crippen LogP contribution in [0.5, 0.6) is 5.75 Å². The SMILES string of the molecule is CCOC(=O)N1CCN(c2cncc(C(=O)Nc3ccc(OC)cc3)c2)CC1. The summed E-state index contributed by atoms with van der Waals surface area (Å²) >= 11 is 0. The maximum Gasteiger partial charge on any atom is 0.409 e. The molecular weight excluding hydrogens is 360 g/mol. The third-order valence-corrected chi connectivity index (χ3v) is 4.50. The monoisotopic (exact) mass is 384 g/mol. The summed E-state index contributed by atoms with van der Waals surface area (Å²) in [5.74, 6) is 0.494. The van der Waals surface area contributed by atoms with Gasteiger partial charge in [-0.25, -0.2) is 4.79 Å². The Morgan fingerprint density at radius 3 is 2.46 bits per heavy atom. The summed E-state index contributed by atoms with van der Waals surface area (Å²) in [6.45, 7) is 4.62. The highest BCUT2D eigenvalue weighted by Gasteiger charge is 2.22. The Hall–Kier alpha value is -3.29. The zero-order valence-corrected chi connectivity index (χ0v) is 16.1. The van der Waals surface area contributed by atoms with E-state index in [-0.39, 0.29) is 12.0 Å². The van der Waals surface area contributed by atoms with Crippen LogP contribution in [0.25, 0.3) is 0 Å². The first-order valence-electron chi connectivity index (χ1n) is 9.18. The summed E-state index contributed by atoms with van der Waals surface area (Å²) in [6.07, 6.45) is 2.98. The Morgan fingerprint density at radius 2 is 1.82 bits per heavy atom. The number of pyridine rings is 1. The van der Waals surface area contributed by atoms with Crippen molar-refractivity contribution in [2.45, 2.75) is 6.92 Å². The maximum atomic E-state index is 12.5. The summed E-state index contributed by atoms with van der Waals surface area (Å²) in [4.78, 5) is 32.4. The molecular formula is C20H24N4O4. The number of benzene rings is 1. The van der Waals surface area contributed by atoms with Crippen LogP contribution in [0.3, 0.4) is 0 Å². The van der Waals surface area contributed by atoms with Crippen LogP contribution in [0.4, 0.5) is 16.2 Å². The Kier molecular flexibility index (Phi) is 6.31. The smallest absolute Gasteiger partial charge is 0.409 e. The second-order valence-electron chi connectivity index (χ2n) is 6.29. The number of nitrogens with one attached hydrogen (secondary N) is 1. The van der Waals surface area contributed by atoms with Gasteiger partial charge in [0.05, 0.1) is 31.2 Å². The number of methoxy groups -OCH3 is 1. The average Bonchev–Trinajstić information content (AvgIpc) is 2.74. The van der Waals surface area contributed by atoms with Crippen molar-refractivity contribution in [1.29, 1.82) is 0 Å². The topological polar surface area (TPSA) is 84.0 Å². The maximum absolute atomic E-state index is 12.5. The quantitative estimate of drug-likeness (QED) is 0.853. The Morgan fingerprint density at radius 1 is 1.11 bits per heavy atom. The molecule has 0 spiro atoms. The molecule has 0 unspecified atom stereocenters. The molecule has 28 heavy (non-hydrogen) atoms. The van der Waals surface area contributed by atoms with Crippen LogP contribution in [-0.4, -0.2) is 61.8 Å². The van der Waals surface area contributed by atoms with E-state index in [2.05, 4.69) is 15.2 Å². The van der Waals surface area contributed by atoms with Gasteiger partial charge in [-0.05, 0) is 37.3 Å². The van der Waals surface area contributed by atoms with Crippen molar-refractivity contribution in [3.63, 3.8) is 0 Å². The van der Waals surface area contributed by atoms with E-state index in [4.69, 9.17) is 9.47 Å². The molecule has 1 aromatic heterocycles. The Balaban J connectivity index is 1.62. The van der Waals surface area contributed by atoms with Crippen LogP contribution < -0.4 is 15.0 Å². The number of anilines is 2. The van der Waals surface area contributed by atoms with Gasteiger partial charge in [0.15, 0.2) is 0 Å². The first kappa shape index (κ1) is 19.5. The minimum Gasteiger partial charge on any atom is -0.497 e. The van der Waals surface area contributed by atoms with E-state index in [9.17, 15) is 9.59 Å². The lowest BCUT2D eigenvalue weighted by Crippen LogP contribution is -2.49. The number of amides is 2. The molecule has 148 valence electrons. The Bertz CT molecular complexity index is 817. The van der Waals surface area contributed by atoms with Gasteiger partial charge in [0.2, 0.25) is 0 Å². The number of hydrogen-bond acceptors (Lipinski definition) is 6. The van der Waals surface area contributed by atoms with Crippen LogP contribution in [0, 0.1) is 0 Å². The van der Waals surface area contributed by atoms with Crippen LogP contribution in [0.2, 0.25) is 0 Å². The highest BCUT2D eigenvalue weighted by atomic mass is 16.6. The van der Waals surface area contributed by atoms with E-state index in [1.54, 1.807) is 49.4 Å².